The van der Waals surface area contributed by atoms with Crippen LogP contribution in [0.3, 0.4) is 0 Å². The van der Waals surface area contributed by atoms with Gasteiger partial charge in [-0.05, 0) is 0 Å². The zero-order valence-corrected chi connectivity index (χ0v) is 12.0. The second-order valence-corrected chi connectivity index (χ2v) is 7.62. The predicted octanol–water partition coefficient (Wildman–Crippen LogP) is 3.60. The Morgan fingerprint density at radius 1 is 0.846 bits per heavy atom. The van der Waals surface area contributed by atoms with Crippen LogP contribution in [0.15, 0.2) is 44.0 Å². The fourth-order valence-corrected chi connectivity index (χ4v) is 5.11. The van der Waals surface area contributed by atoms with Crippen molar-refractivity contribution >= 4 is 24.8 Å². The van der Waals surface area contributed by atoms with Crippen molar-refractivity contribution < 1.29 is 19.8 Å². The van der Waals surface area contributed by atoms with E-state index in [2.05, 4.69) is 36.5 Å². The molecule has 13 heavy (non-hydrogen) atoms. The van der Waals surface area contributed by atoms with Crippen LogP contribution in [-0.4, -0.2) is 0 Å². The van der Waals surface area contributed by atoms with Gasteiger partial charge in [-0.2, -0.15) is 0 Å². The second kappa shape index (κ2) is 6.69. The Morgan fingerprint density at radius 2 is 1.31 bits per heavy atom. The van der Waals surface area contributed by atoms with Crippen LogP contribution in [0.2, 0.25) is 0 Å². The maximum Gasteiger partial charge on any atom is -0.147 e. The van der Waals surface area contributed by atoms with E-state index in [0.29, 0.717) is 0 Å². The smallest absolute Gasteiger partial charge is 0.147 e. The quantitative estimate of drug-likeness (QED) is 0.683. The van der Waals surface area contributed by atoms with Gasteiger partial charge >= 0.3 is 76.6 Å². The van der Waals surface area contributed by atoms with E-state index >= 15 is 0 Å². The molecular weight excluding hydrogens is 372 g/mol. The van der Waals surface area contributed by atoms with Crippen molar-refractivity contribution in [1.82, 2.24) is 0 Å². The van der Waals surface area contributed by atoms with Gasteiger partial charge in [0.2, 0.25) is 0 Å². The van der Waals surface area contributed by atoms with E-state index in [-0.39, 0.29) is 24.8 Å². The van der Waals surface area contributed by atoms with Gasteiger partial charge in [0.15, 0.2) is 0 Å². The van der Waals surface area contributed by atoms with Crippen LogP contribution < -0.4 is 0 Å². The van der Waals surface area contributed by atoms with Crippen molar-refractivity contribution in [3.8, 4) is 0 Å². The molecule has 0 saturated heterocycles. The molecule has 0 heterocycles. The minimum atomic E-state index is -0.404. The molecular formula is C10H12Cl2Ta. The van der Waals surface area contributed by atoms with Crippen molar-refractivity contribution in [2.45, 2.75) is 12.8 Å². The Morgan fingerprint density at radius 3 is 1.62 bits per heavy atom. The van der Waals surface area contributed by atoms with Crippen LogP contribution in [0.5, 0.6) is 0 Å². The second-order valence-electron chi connectivity index (χ2n) is 2.69. The van der Waals surface area contributed by atoms with Gasteiger partial charge in [0, 0.05) is 0 Å². The summed E-state index contributed by atoms with van der Waals surface area (Å²) in [6, 6.07) is 0. The molecule has 0 radical (unpaired) electrons. The molecule has 0 unspecified atom stereocenters. The van der Waals surface area contributed by atoms with E-state index < -0.39 is 19.8 Å². The van der Waals surface area contributed by atoms with Crippen molar-refractivity contribution in [3.05, 3.63) is 44.0 Å². The van der Waals surface area contributed by atoms with Crippen molar-refractivity contribution in [2.24, 2.45) is 0 Å². The van der Waals surface area contributed by atoms with Crippen molar-refractivity contribution in [1.29, 1.82) is 0 Å². The molecule has 0 nitrogen and oxygen atoms in total. The fraction of sp³-hybridized carbons (Fsp3) is 0.200. The van der Waals surface area contributed by atoms with Crippen LogP contribution in [0, 0.1) is 0 Å². The maximum absolute atomic E-state index is 2.32. The third-order valence-electron chi connectivity index (χ3n) is 1.79. The summed E-state index contributed by atoms with van der Waals surface area (Å²) in [5.41, 5.74) is 0. The summed E-state index contributed by atoms with van der Waals surface area (Å²) in [5, 5.41) is 0. The van der Waals surface area contributed by atoms with E-state index in [0.717, 1.165) is 0 Å². The Kier molecular flexibility index (Phi) is 6.84. The topological polar surface area (TPSA) is 0 Å². The van der Waals surface area contributed by atoms with Gasteiger partial charge in [-0.3, -0.25) is 0 Å². The van der Waals surface area contributed by atoms with Crippen molar-refractivity contribution in [2.75, 3.05) is 0 Å². The molecule has 3 heteroatoms. The summed E-state index contributed by atoms with van der Waals surface area (Å²) >= 11 is -0.404. The number of halogens is 2. The first-order chi connectivity index (χ1) is 5.45. The first kappa shape index (κ1) is 13.3. The zero-order chi connectivity index (χ0) is 7.52. The summed E-state index contributed by atoms with van der Waals surface area (Å²) in [6.45, 7) is 0. The van der Waals surface area contributed by atoms with Gasteiger partial charge in [0.05, 0.1) is 0 Å². The number of hydrogen-bond donors (Lipinski definition) is 0. The molecule has 0 saturated carbocycles. The van der Waals surface area contributed by atoms with Gasteiger partial charge in [-0.25, -0.2) is 0 Å². The van der Waals surface area contributed by atoms with Gasteiger partial charge in [-0.1, -0.05) is 0 Å². The molecule has 71 valence electrons. The normalized spacial score (nSPS) is 17.2. The molecule has 0 fully saturated rings. The average Bonchev–Trinajstić information content (AvgIpc) is 2.60. The predicted molar refractivity (Wildman–Crippen MR) is 58.2 cm³/mol. The fourth-order valence-electron chi connectivity index (χ4n) is 1.22. The molecule has 0 N–H and O–H groups in total. The van der Waals surface area contributed by atoms with Crippen molar-refractivity contribution in [3.63, 3.8) is 0 Å². The SMILES string of the molecule is C1=CC[C]([Ta][C]2=CC=CC2)=C1.Cl.Cl. The third kappa shape index (κ3) is 3.88. The van der Waals surface area contributed by atoms with E-state index in [1.54, 1.807) is 7.58 Å². The Bertz CT molecular complexity index is 247. The molecule has 0 aromatic rings. The van der Waals surface area contributed by atoms with Crippen LogP contribution in [0.4, 0.5) is 0 Å². The minimum absolute atomic E-state index is 0. The molecule has 0 aromatic carbocycles. The molecule has 2 aliphatic carbocycles. The van der Waals surface area contributed by atoms with Gasteiger partial charge < -0.3 is 0 Å². The van der Waals surface area contributed by atoms with E-state index in [1.165, 1.54) is 12.8 Å². The molecule has 0 bridgehead atoms. The summed E-state index contributed by atoms with van der Waals surface area (Å²) in [4.78, 5) is 0. The molecule has 0 aliphatic heterocycles. The standard InChI is InChI=1S/2C5H5.2ClH.Ta/c2*1-2-4-5-3-1;;;/h2*1-3H,4H2;2*1H;. The van der Waals surface area contributed by atoms with Gasteiger partial charge in [0.1, 0.15) is 0 Å². The van der Waals surface area contributed by atoms with Crippen LogP contribution in [-0.2, 0) is 19.8 Å². The van der Waals surface area contributed by atoms with Crippen LogP contribution in [0.25, 0.3) is 0 Å². The first-order valence-electron chi connectivity index (χ1n) is 3.88. The monoisotopic (exact) mass is 383 g/mol. The molecule has 2 rings (SSSR count). The molecule has 0 atom stereocenters. The molecule has 0 aromatic heterocycles. The van der Waals surface area contributed by atoms with Crippen LogP contribution in [0.1, 0.15) is 12.8 Å². The Labute approximate surface area is 101 Å². The summed E-state index contributed by atoms with van der Waals surface area (Å²) < 4.78 is 3.47. The largest absolute Gasteiger partial charge is 0.147 e. The minimum Gasteiger partial charge on any atom is -0.147 e. The van der Waals surface area contributed by atoms with Gasteiger partial charge in [0.25, 0.3) is 0 Å². The third-order valence-corrected chi connectivity index (χ3v) is 6.24. The van der Waals surface area contributed by atoms with E-state index in [9.17, 15) is 0 Å². The maximum atomic E-state index is 2.32. The average molecular weight is 384 g/mol. The molecule has 2 aliphatic rings. The Balaban J connectivity index is 0.000000720. The Hall–Kier alpha value is 0.280. The van der Waals surface area contributed by atoms with E-state index in [4.69, 9.17) is 0 Å². The number of allylic oxidation sites excluding steroid dienone is 8. The first-order valence-corrected chi connectivity index (χ1v) is 7.09. The molecule has 0 amide bonds. The summed E-state index contributed by atoms with van der Waals surface area (Å²) in [6.07, 6.45) is 16.0. The van der Waals surface area contributed by atoms with E-state index in [1.807, 2.05) is 0 Å². The number of rotatable bonds is 2. The summed E-state index contributed by atoms with van der Waals surface area (Å²) in [7, 11) is 0. The van der Waals surface area contributed by atoms with Gasteiger partial charge in [-0.15, -0.1) is 24.8 Å². The number of hydrogen-bond acceptors (Lipinski definition) is 0. The zero-order valence-electron chi connectivity index (χ0n) is 7.14. The van der Waals surface area contributed by atoms with Crippen LogP contribution >= 0.6 is 24.8 Å². The summed E-state index contributed by atoms with van der Waals surface area (Å²) in [5.74, 6) is 0. The molecule has 0 spiro atoms.